The summed E-state index contributed by atoms with van der Waals surface area (Å²) < 4.78 is 39.6. The van der Waals surface area contributed by atoms with E-state index in [0.717, 1.165) is 0 Å². The largest absolute Gasteiger partial charge is 0.493 e. The maximum atomic E-state index is 12.7. The minimum Gasteiger partial charge on any atom is -0.493 e. The van der Waals surface area contributed by atoms with Crippen LogP contribution in [-0.2, 0) is 16.6 Å². The highest BCUT2D eigenvalue weighted by Crippen LogP contribution is 2.29. The highest BCUT2D eigenvalue weighted by molar-refractivity contribution is 7.89. The Hall–Kier alpha value is -3.56. The summed E-state index contributed by atoms with van der Waals surface area (Å²) in [5, 5.41) is 7.83. The lowest BCUT2D eigenvalue weighted by Crippen LogP contribution is -2.14. The summed E-state index contributed by atoms with van der Waals surface area (Å²) in [6, 6.07) is 17.9. The van der Waals surface area contributed by atoms with Crippen molar-refractivity contribution in [1.82, 2.24) is 0 Å². The van der Waals surface area contributed by atoms with Gasteiger partial charge < -0.3 is 19.5 Å². The third-order valence-electron chi connectivity index (χ3n) is 4.52. The van der Waals surface area contributed by atoms with E-state index in [2.05, 4.69) is 5.32 Å². The molecule has 0 aliphatic heterocycles. The number of para-hydroxylation sites is 2. The fraction of sp³-hybridized carbons (Fsp3) is 0.174. The molecule has 0 fully saturated rings. The molecule has 1 amide bonds. The SMILES string of the molecule is CCOc1ccc(C(=O)Nc2ccc(S(N)(=O)=O)cc2)cc1COc1ccccc1OC. The van der Waals surface area contributed by atoms with Gasteiger partial charge in [0.1, 0.15) is 12.4 Å². The first-order valence-corrected chi connectivity index (χ1v) is 11.3. The van der Waals surface area contributed by atoms with Gasteiger partial charge in [0.25, 0.3) is 5.91 Å². The summed E-state index contributed by atoms with van der Waals surface area (Å²) in [6.45, 7) is 2.50. The van der Waals surface area contributed by atoms with Crippen LogP contribution in [0.4, 0.5) is 5.69 Å². The van der Waals surface area contributed by atoms with Crippen molar-refractivity contribution in [3.05, 3.63) is 77.9 Å². The predicted molar refractivity (Wildman–Crippen MR) is 121 cm³/mol. The number of hydrogen-bond acceptors (Lipinski definition) is 6. The van der Waals surface area contributed by atoms with Crippen LogP contribution in [-0.4, -0.2) is 28.0 Å². The monoisotopic (exact) mass is 456 g/mol. The molecule has 0 aromatic heterocycles. The topological polar surface area (TPSA) is 117 Å². The molecular weight excluding hydrogens is 432 g/mol. The van der Waals surface area contributed by atoms with E-state index in [9.17, 15) is 13.2 Å². The molecule has 3 aromatic carbocycles. The number of amides is 1. The van der Waals surface area contributed by atoms with Crippen LogP contribution < -0.4 is 24.7 Å². The summed E-state index contributed by atoms with van der Waals surface area (Å²) in [5.74, 6) is 1.41. The van der Waals surface area contributed by atoms with Crippen LogP contribution in [0.25, 0.3) is 0 Å². The smallest absolute Gasteiger partial charge is 0.255 e. The van der Waals surface area contributed by atoms with Crippen LogP contribution >= 0.6 is 0 Å². The van der Waals surface area contributed by atoms with Crippen LogP contribution in [0.15, 0.2) is 71.6 Å². The second kappa shape index (κ2) is 10.2. The summed E-state index contributed by atoms with van der Waals surface area (Å²) in [4.78, 5) is 12.7. The van der Waals surface area contributed by atoms with E-state index in [1.807, 2.05) is 19.1 Å². The van der Waals surface area contributed by atoms with Crippen LogP contribution in [0.1, 0.15) is 22.8 Å². The van der Waals surface area contributed by atoms with E-state index in [-0.39, 0.29) is 17.4 Å². The summed E-state index contributed by atoms with van der Waals surface area (Å²) >= 11 is 0. The number of carbonyl (C=O) groups excluding carboxylic acids is 1. The number of nitrogens with two attached hydrogens (primary N) is 1. The van der Waals surface area contributed by atoms with E-state index < -0.39 is 10.0 Å². The first-order chi connectivity index (χ1) is 15.3. The van der Waals surface area contributed by atoms with Gasteiger partial charge in [0.15, 0.2) is 11.5 Å². The van der Waals surface area contributed by atoms with Gasteiger partial charge in [-0.15, -0.1) is 0 Å². The van der Waals surface area contributed by atoms with Gasteiger partial charge >= 0.3 is 0 Å². The van der Waals surface area contributed by atoms with E-state index >= 15 is 0 Å². The van der Waals surface area contributed by atoms with E-state index in [1.54, 1.807) is 37.4 Å². The molecule has 8 nitrogen and oxygen atoms in total. The lowest BCUT2D eigenvalue weighted by atomic mass is 10.1. The molecule has 32 heavy (non-hydrogen) atoms. The Morgan fingerprint density at radius 2 is 1.62 bits per heavy atom. The van der Waals surface area contributed by atoms with Crippen LogP contribution in [0.5, 0.6) is 17.2 Å². The predicted octanol–water partition coefficient (Wildman–Crippen LogP) is 3.57. The summed E-state index contributed by atoms with van der Waals surface area (Å²) in [6.07, 6.45) is 0. The van der Waals surface area contributed by atoms with E-state index in [1.165, 1.54) is 24.3 Å². The number of benzene rings is 3. The number of primary sulfonamides is 1. The standard InChI is InChI=1S/C23H24N2O6S/c1-3-30-20-13-8-16(14-17(20)15-31-22-7-5-4-6-21(22)29-2)23(26)25-18-9-11-19(12-10-18)32(24,27)28/h4-14H,3,15H2,1-2H3,(H,25,26)(H2,24,27,28). The van der Waals surface area contributed by atoms with Gasteiger partial charge in [-0.05, 0) is 61.5 Å². The number of rotatable bonds is 9. The molecule has 9 heteroatoms. The first kappa shape index (κ1) is 23.1. The molecule has 0 radical (unpaired) electrons. The average Bonchev–Trinajstić information content (AvgIpc) is 2.78. The third-order valence-corrected chi connectivity index (χ3v) is 5.44. The Balaban J connectivity index is 1.79. The van der Waals surface area contributed by atoms with Gasteiger partial charge in [0.05, 0.1) is 18.6 Å². The van der Waals surface area contributed by atoms with E-state index in [4.69, 9.17) is 19.3 Å². The van der Waals surface area contributed by atoms with Gasteiger partial charge in [-0.2, -0.15) is 0 Å². The highest BCUT2D eigenvalue weighted by Gasteiger charge is 2.14. The lowest BCUT2D eigenvalue weighted by Gasteiger charge is -2.15. The number of ether oxygens (including phenoxy) is 3. The zero-order valence-electron chi connectivity index (χ0n) is 17.7. The molecule has 0 atom stereocenters. The first-order valence-electron chi connectivity index (χ1n) is 9.77. The highest BCUT2D eigenvalue weighted by atomic mass is 32.2. The van der Waals surface area contributed by atoms with Crippen molar-refractivity contribution >= 4 is 21.6 Å². The van der Waals surface area contributed by atoms with Crippen LogP contribution in [0.3, 0.4) is 0 Å². The van der Waals surface area contributed by atoms with Crippen molar-refractivity contribution in [3.8, 4) is 17.2 Å². The fourth-order valence-electron chi connectivity index (χ4n) is 2.95. The number of hydrogen-bond donors (Lipinski definition) is 2. The molecule has 0 bridgehead atoms. The number of anilines is 1. The minimum absolute atomic E-state index is 0.0349. The van der Waals surface area contributed by atoms with Crippen molar-refractivity contribution in [3.63, 3.8) is 0 Å². The lowest BCUT2D eigenvalue weighted by molar-refractivity contribution is 0.102. The number of methoxy groups -OCH3 is 1. The van der Waals surface area contributed by atoms with Gasteiger partial charge in [-0.3, -0.25) is 4.79 Å². The molecule has 0 saturated heterocycles. The Kier molecular flexibility index (Phi) is 7.34. The number of carbonyl (C=O) groups is 1. The molecule has 168 valence electrons. The van der Waals surface area contributed by atoms with Gasteiger partial charge in [0, 0.05) is 16.8 Å². The second-order valence-electron chi connectivity index (χ2n) is 6.72. The van der Waals surface area contributed by atoms with Crippen LogP contribution in [0.2, 0.25) is 0 Å². The van der Waals surface area contributed by atoms with Crippen molar-refractivity contribution in [2.75, 3.05) is 19.0 Å². The maximum Gasteiger partial charge on any atom is 0.255 e. The normalized spacial score (nSPS) is 11.0. The Bertz CT molecular complexity index is 1190. The maximum absolute atomic E-state index is 12.7. The number of nitrogens with one attached hydrogen (secondary N) is 1. The molecule has 0 spiro atoms. The van der Waals surface area contributed by atoms with Crippen molar-refractivity contribution in [1.29, 1.82) is 0 Å². The van der Waals surface area contributed by atoms with Crippen molar-refractivity contribution < 1.29 is 27.4 Å². The van der Waals surface area contributed by atoms with Gasteiger partial charge in [0.2, 0.25) is 10.0 Å². The van der Waals surface area contributed by atoms with Gasteiger partial charge in [-0.25, -0.2) is 13.6 Å². The fourth-order valence-corrected chi connectivity index (χ4v) is 3.47. The molecule has 3 N–H and O–H groups in total. The minimum atomic E-state index is -3.80. The Morgan fingerprint density at radius 1 is 0.938 bits per heavy atom. The zero-order valence-corrected chi connectivity index (χ0v) is 18.5. The molecule has 0 unspecified atom stereocenters. The summed E-state index contributed by atoms with van der Waals surface area (Å²) in [7, 11) is -2.24. The zero-order chi connectivity index (χ0) is 23.1. The number of sulfonamides is 1. The second-order valence-corrected chi connectivity index (χ2v) is 8.28. The average molecular weight is 457 g/mol. The summed E-state index contributed by atoms with van der Waals surface area (Å²) in [5.41, 5.74) is 1.51. The van der Waals surface area contributed by atoms with Crippen LogP contribution in [0, 0.1) is 0 Å². The molecule has 0 heterocycles. The molecule has 3 rings (SSSR count). The van der Waals surface area contributed by atoms with Crippen molar-refractivity contribution in [2.24, 2.45) is 5.14 Å². The van der Waals surface area contributed by atoms with Crippen molar-refractivity contribution in [2.45, 2.75) is 18.4 Å². The molecule has 0 saturated carbocycles. The molecule has 0 aliphatic rings. The molecule has 0 aliphatic carbocycles. The Labute approximate surface area is 187 Å². The van der Waals surface area contributed by atoms with E-state index in [0.29, 0.717) is 40.7 Å². The third kappa shape index (κ3) is 5.77. The Morgan fingerprint density at radius 3 is 2.25 bits per heavy atom. The molecule has 3 aromatic rings. The quantitative estimate of drug-likeness (QED) is 0.508. The molecular formula is C23H24N2O6S. The van der Waals surface area contributed by atoms with Gasteiger partial charge in [-0.1, -0.05) is 12.1 Å².